The quantitative estimate of drug-likeness (QED) is 0.389. The minimum Gasteiger partial charge on any atom is -0.374 e. The molecule has 0 saturated heterocycles. The van der Waals surface area contributed by atoms with Crippen LogP contribution in [0.2, 0.25) is 0 Å². The summed E-state index contributed by atoms with van der Waals surface area (Å²) in [5.41, 5.74) is 7.56. The monoisotopic (exact) mass is 535 g/mol. The molecule has 0 fully saturated rings. The van der Waals surface area contributed by atoms with E-state index >= 15 is 0 Å². The third kappa shape index (κ3) is 10.1. The fourth-order valence-electron chi connectivity index (χ4n) is 3.50. The van der Waals surface area contributed by atoms with Crippen molar-refractivity contribution in [1.82, 2.24) is 19.8 Å². The van der Waals surface area contributed by atoms with Crippen LogP contribution in [0.25, 0.3) is 0 Å². The summed E-state index contributed by atoms with van der Waals surface area (Å²) in [7, 11) is 1.82. The van der Waals surface area contributed by atoms with Gasteiger partial charge in [0.15, 0.2) is 5.78 Å². The van der Waals surface area contributed by atoms with Crippen LogP contribution in [-0.2, 0) is 25.7 Å². The van der Waals surface area contributed by atoms with Crippen molar-refractivity contribution in [2.45, 2.75) is 58.8 Å². The highest BCUT2D eigenvalue weighted by Gasteiger charge is 2.27. The molecule has 0 bridgehead atoms. The average Bonchev–Trinajstić information content (AvgIpc) is 3.34. The zero-order valence-electron chi connectivity index (χ0n) is 23.8. The third-order valence-electron chi connectivity index (χ3n) is 6.01. The molecule has 0 spiro atoms. The Balaban J connectivity index is 0.000000274. The van der Waals surface area contributed by atoms with Crippen molar-refractivity contribution in [3.63, 3.8) is 0 Å². The van der Waals surface area contributed by atoms with E-state index in [1.54, 1.807) is 25.1 Å². The second kappa shape index (κ2) is 14.9. The van der Waals surface area contributed by atoms with Crippen LogP contribution in [0.4, 0.5) is 0 Å². The van der Waals surface area contributed by atoms with E-state index in [-0.39, 0.29) is 30.2 Å². The minimum atomic E-state index is -1.02. The Bertz CT molecular complexity index is 1190. The number of Topliss-reactive ketones (excluding diaryl/α,β-unsaturated/α-hetero) is 1. The Morgan fingerprint density at radius 2 is 1.67 bits per heavy atom. The number of carbonyl (C=O) groups is 3. The maximum atomic E-state index is 12.6. The van der Waals surface area contributed by atoms with Crippen molar-refractivity contribution in [3.05, 3.63) is 90.0 Å². The largest absolute Gasteiger partial charge is 0.374 e. The highest BCUT2D eigenvalue weighted by molar-refractivity contribution is 5.91. The summed E-state index contributed by atoms with van der Waals surface area (Å²) in [6.07, 6.45) is 3.62. The van der Waals surface area contributed by atoms with Gasteiger partial charge in [-0.2, -0.15) is 0 Å². The Morgan fingerprint density at radius 1 is 1.08 bits per heavy atom. The first-order chi connectivity index (χ1) is 18.4. The van der Waals surface area contributed by atoms with Crippen LogP contribution in [0.1, 0.15) is 50.6 Å². The van der Waals surface area contributed by atoms with Gasteiger partial charge in [0.2, 0.25) is 11.8 Å². The van der Waals surface area contributed by atoms with Crippen molar-refractivity contribution in [3.8, 4) is 0 Å². The SMILES string of the molecule is CC(=O)C(COCc1ccccc1)NC(=O)C(C)(C)N.CCN(C)C(=O)C(c1ccccc1)n1cnc(C)c1. The predicted molar refractivity (Wildman–Crippen MR) is 152 cm³/mol. The zero-order valence-corrected chi connectivity index (χ0v) is 23.8. The van der Waals surface area contributed by atoms with E-state index in [4.69, 9.17) is 10.5 Å². The molecule has 3 aromatic rings. The molecule has 39 heavy (non-hydrogen) atoms. The molecule has 2 atom stereocenters. The molecule has 9 nitrogen and oxygen atoms in total. The van der Waals surface area contributed by atoms with E-state index < -0.39 is 11.6 Å². The Labute approximate surface area is 231 Å². The first-order valence-corrected chi connectivity index (χ1v) is 13.0. The number of hydrogen-bond acceptors (Lipinski definition) is 6. The molecule has 0 radical (unpaired) electrons. The molecule has 210 valence electrons. The van der Waals surface area contributed by atoms with Gasteiger partial charge in [0.1, 0.15) is 12.1 Å². The van der Waals surface area contributed by atoms with E-state index in [0.717, 1.165) is 16.8 Å². The Kier molecular flexibility index (Phi) is 12.0. The molecule has 0 aliphatic rings. The molecule has 2 unspecified atom stereocenters. The van der Waals surface area contributed by atoms with Crippen LogP contribution in [-0.4, -0.2) is 63.8 Å². The number of hydrogen-bond donors (Lipinski definition) is 2. The number of likely N-dealkylation sites (N-methyl/N-ethyl adjacent to an activating group) is 1. The second-order valence-electron chi connectivity index (χ2n) is 9.99. The zero-order chi connectivity index (χ0) is 29.0. The highest BCUT2D eigenvalue weighted by atomic mass is 16.5. The lowest BCUT2D eigenvalue weighted by atomic mass is 10.1. The van der Waals surface area contributed by atoms with Crippen molar-refractivity contribution in [1.29, 1.82) is 0 Å². The van der Waals surface area contributed by atoms with E-state index in [1.807, 2.05) is 92.3 Å². The first-order valence-electron chi connectivity index (χ1n) is 13.0. The van der Waals surface area contributed by atoms with Crippen molar-refractivity contribution >= 4 is 17.6 Å². The summed E-state index contributed by atoms with van der Waals surface area (Å²) >= 11 is 0. The van der Waals surface area contributed by atoms with Gasteiger partial charge in [-0.25, -0.2) is 4.98 Å². The number of nitrogens with zero attached hydrogens (tertiary/aromatic N) is 3. The molecule has 0 aliphatic carbocycles. The van der Waals surface area contributed by atoms with E-state index in [0.29, 0.717) is 13.2 Å². The predicted octanol–water partition coefficient (Wildman–Crippen LogP) is 3.27. The fraction of sp³-hybridized carbons (Fsp3) is 0.400. The molecule has 1 heterocycles. The van der Waals surface area contributed by atoms with Gasteiger partial charge in [-0.15, -0.1) is 0 Å². The van der Waals surface area contributed by atoms with Gasteiger partial charge in [0, 0.05) is 19.8 Å². The molecule has 9 heteroatoms. The number of ether oxygens (including phenoxy) is 1. The minimum absolute atomic E-state index is 0.0751. The number of aryl methyl sites for hydroxylation is 1. The number of carbonyl (C=O) groups excluding carboxylic acids is 3. The number of imidazole rings is 1. The van der Waals surface area contributed by atoms with Gasteiger partial charge in [0.05, 0.1) is 30.8 Å². The van der Waals surface area contributed by atoms with Gasteiger partial charge >= 0.3 is 0 Å². The lowest BCUT2D eigenvalue weighted by Crippen LogP contribution is -2.54. The standard InChI is InChI=1S/C15H19N3O.C15H22N2O3/c1-4-17(3)15(19)14(13-8-6-5-7-9-13)18-10-12(2)16-11-18;1-11(18)13(17-14(19)15(2,3)16)10-20-9-12-7-5-4-6-8-12/h5-11,14H,4H2,1-3H3;4-8,13H,9-10,16H2,1-3H3,(H,17,19). The number of amides is 2. The highest BCUT2D eigenvalue weighted by Crippen LogP contribution is 2.21. The van der Waals surface area contributed by atoms with Crippen LogP contribution in [0.3, 0.4) is 0 Å². The first kappa shape index (κ1) is 31.4. The van der Waals surface area contributed by atoms with E-state index in [1.165, 1.54) is 6.92 Å². The number of ketones is 1. The topological polar surface area (TPSA) is 120 Å². The molecule has 0 saturated carbocycles. The van der Waals surface area contributed by atoms with E-state index in [9.17, 15) is 14.4 Å². The summed E-state index contributed by atoms with van der Waals surface area (Å²) in [4.78, 5) is 41.8. The van der Waals surface area contributed by atoms with Gasteiger partial charge < -0.3 is 25.3 Å². The van der Waals surface area contributed by atoms with Gasteiger partial charge in [-0.1, -0.05) is 60.7 Å². The lowest BCUT2D eigenvalue weighted by molar-refractivity contribution is -0.132. The van der Waals surface area contributed by atoms with Gasteiger partial charge in [0.25, 0.3) is 0 Å². The number of benzene rings is 2. The molecule has 3 N–H and O–H groups in total. The maximum absolute atomic E-state index is 12.6. The summed E-state index contributed by atoms with van der Waals surface area (Å²) in [5, 5.41) is 2.60. The van der Waals surface area contributed by atoms with Crippen LogP contribution in [0.5, 0.6) is 0 Å². The van der Waals surface area contributed by atoms with Crippen LogP contribution >= 0.6 is 0 Å². The van der Waals surface area contributed by atoms with Crippen molar-refractivity contribution < 1.29 is 19.1 Å². The van der Waals surface area contributed by atoms with Gasteiger partial charge in [-0.05, 0) is 45.7 Å². The normalized spacial score (nSPS) is 12.5. The van der Waals surface area contributed by atoms with E-state index in [2.05, 4.69) is 10.3 Å². The number of nitrogens with two attached hydrogens (primary N) is 1. The molecule has 3 rings (SSSR count). The third-order valence-corrected chi connectivity index (χ3v) is 6.01. The molecule has 2 aromatic carbocycles. The average molecular weight is 536 g/mol. The molecule has 1 aromatic heterocycles. The Hall–Kier alpha value is -3.82. The number of rotatable bonds is 11. The smallest absolute Gasteiger partial charge is 0.250 e. The van der Waals surface area contributed by atoms with Crippen molar-refractivity contribution in [2.24, 2.45) is 5.73 Å². The number of aromatic nitrogens is 2. The summed E-state index contributed by atoms with van der Waals surface area (Å²) < 4.78 is 7.35. The number of nitrogens with one attached hydrogen (secondary N) is 1. The van der Waals surface area contributed by atoms with Crippen LogP contribution in [0, 0.1) is 6.92 Å². The van der Waals surface area contributed by atoms with Crippen molar-refractivity contribution in [2.75, 3.05) is 20.2 Å². The lowest BCUT2D eigenvalue weighted by Gasteiger charge is -2.24. The molecule has 2 amide bonds. The van der Waals surface area contributed by atoms with Gasteiger partial charge in [-0.3, -0.25) is 14.4 Å². The second-order valence-corrected chi connectivity index (χ2v) is 9.99. The van der Waals surface area contributed by atoms with Crippen LogP contribution in [0.15, 0.2) is 73.2 Å². The maximum Gasteiger partial charge on any atom is 0.250 e. The molecular formula is C30H41N5O4. The summed E-state index contributed by atoms with van der Waals surface area (Å²) in [6, 6.07) is 18.4. The van der Waals surface area contributed by atoms with Crippen LogP contribution < -0.4 is 11.1 Å². The fourth-order valence-corrected chi connectivity index (χ4v) is 3.50. The summed E-state index contributed by atoms with van der Waals surface area (Å²) in [5.74, 6) is -0.456. The molecular weight excluding hydrogens is 494 g/mol. The Morgan fingerprint density at radius 3 is 2.15 bits per heavy atom. The molecule has 0 aliphatic heterocycles. The summed E-state index contributed by atoms with van der Waals surface area (Å²) in [6.45, 7) is 9.70.